The molecule has 2 aliphatic rings. The molecule has 1 saturated carbocycles. The van der Waals surface area contributed by atoms with Gasteiger partial charge in [-0.2, -0.15) is 0 Å². The highest BCUT2D eigenvalue weighted by Gasteiger charge is 2.57. The molecule has 0 bridgehead atoms. The Morgan fingerprint density at radius 3 is 2.26 bits per heavy atom. The number of hydrogen-bond acceptors (Lipinski definition) is 2. The number of nitrogens with zero attached hydrogens (tertiary/aromatic N) is 1. The van der Waals surface area contributed by atoms with Crippen molar-refractivity contribution in [3.63, 3.8) is 0 Å². The van der Waals surface area contributed by atoms with E-state index in [-0.39, 0.29) is 17.9 Å². The number of carbonyl (C=O) groups is 2. The minimum absolute atomic E-state index is 0.0435. The minimum atomic E-state index is -0.844. The first-order valence-corrected chi connectivity index (χ1v) is 9.67. The van der Waals surface area contributed by atoms with Gasteiger partial charge in [0.25, 0.3) is 0 Å². The van der Waals surface area contributed by atoms with Crippen LogP contribution in [-0.2, 0) is 15.0 Å². The lowest BCUT2D eigenvalue weighted by Gasteiger charge is -2.28. The topological polar surface area (TPSA) is 57.6 Å². The maximum atomic E-state index is 13.5. The first-order chi connectivity index (χ1) is 12.9. The van der Waals surface area contributed by atoms with Crippen molar-refractivity contribution in [1.29, 1.82) is 0 Å². The SMILES string of the molecule is CC1[C@@H](C(=O)O)[C@H](c2ccccc2)CN1C(=O)C1(c2ccc(Cl)cc2)CC1. The van der Waals surface area contributed by atoms with Crippen molar-refractivity contribution in [1.82, 2.24) is 4.90 Å². The summed E-state index contributed by atoms with van der Waals surface area (Å²) in [5.74, 6) is -1.59. The lowest BCUT2D eigenvalue weighted by molar-refractivity contribution is -0.143. The number of carbonyl (C=O) groups excluding carboxylic acids is 1. The first kappa shape index (κ1) is 18.1. The molecule has 2 fully saturated rings. The molecule has 140 valence electrons. The molecule has 0 spiro atoms. The second-order valence-electron chi connectivity index (χ2n) is 7.67. The van der Waals surface area contributed by atoms with Gasteiger partial charge in [0, 0.05) is 23.5 Å². The average Bonchev–Trinajstić information content (AvgIpc) is 3.40. The number of rotatable bonds is 4. The summed E-state index contributed by atoms with van der Waals surface area (Å²) in [5.41, 5.74) is 1.43. The molecule has 1 aliphatic heterocycles. The van der Waals surface area contributed by atoms with Crippen molar-refractivity contribution in [2.24, 2.45) is 5.92 Å². The molecule has 2 aromatic carbocycles. The molecule has 1 aliphatic carbocycles. The van der Waals surface area contributed by atoms with Gasteiger partial charge < -0.3 is 10.0 Å². The fraction of sp³-hybridized carbons (Fsp3) is 0.364. The van der Waals surface area contributed by atoms with Gasteiger partial charge in [-0.15, -0.1) is 0 Å². The van der Waals surface area contributed by atoms with Gasteiger partial charge in [0.2, 0.25) is 5.91 Å². The number of benzene rings is 2. The Kier molecular flexibility index (Phi) is 4.47. The highest BCUT2D eigenvalue weighted by atomic mass is 35.5. The van der Waals surface area contributed by atoms with E-state index in [9.17, 15) is 14.7 Å². The van der Waals surface area contributed by atoms with E-state index >= 15 is 0 Å². The Balaban J connectivity index is 1.64. The highest BCUT2D eigenvalue weighted by Crippen LogP contribution is 2.52. The molecule has 1 N–H and O–H groups in total. The summed E-state index contributed by atoms with van der Waals surface area (Å²) in [6.07, 6.45) is 1.59. The number of carboxylic acids is 1. The zero-order chi connectivity index (χ0) is 19.2. The van der Waals surface area contributed by atoms with E-state index in [0.717, 1.165) is 24.0 Å². The molecule has 0 radical (unpaired) electrons. The number of halogens is 1. The molecule has 5 heteroatoms. The number of carboxylic acid groups (broad SMARTS) is 1. The number of hydrogen-bond donors (Lipinski definition) is 1. The van der Waals surface area contributed by atoms with Crippen molar-refractivity contribution in [2.45, 2.75) is 37.1 Å². The molecule has 1 unspecified atom stereocenters. The zero-order valence-electron chi connectivity index (χ0n) is 15.1. The van der Waals surface area contributed by atoms with Gasteiger partial charge >= 0.3 is 5.97 Å². The maximum absolute atomic E-state index is 13.5. The van der Waals surface area contributed by atoms with E-state index < -0.39 is 17.3 Å². The predicted octanol–water partition coefficient (Wildman–Crippen LogP) is 4.09. The molecule has 1 heterocycles. The molecule has 3 atom stereocenters. The van der Waals surface area contributed by atoms with Crippen molar-refractivity contribution in [3.05, 3.63) is 70.7 Å². The van der Waals surface area contributed by atoms with Crippen LogP contribution in [0.5, 0.6) is 0 Å². The van der Waals surface area contributed by atoms with E-state index in [1.54, 1.807) is 4.90 Å². The zero-order valence-corrected chi connectivity index (χ0v) is 15.9. The van der Waals surface area contributed by atoms with Gasteiger partial charge in [-0.1, -0.05) is 54.1 Å². The van der Waals surface area contributed by atoms with Crippen LogP contribution in [0.25, 0.3) is 0 Å². The Labute approximate surface area is 163 Å². The number of likely N-dealkylation sites (tertiary alicyclic amines) is 1. The largest absolute Gasteiger partial charge is 0.481 e. The average molecular weight is 384 g/mol. The summed E-state index contributed by atoms with van der Waals surface area (Å²) >= 11 is 5.99. The van der Waals surface area contributed by atoms with E-state index in [1.807, 2.05) is 61.5 Å². The van der Waals surface area contributed by atoms with Gasteiger partial charge in [0.1, 0.15) is 0 Å². The van der Waals surface area contributed by atoms with Gasteiger partial charge in [0.15, 0.2) is 0 Å². The molecule has 0 aromatic heterocycles. The van der Waals surface area contributed by atoms with Crippen LogP contribution in [0.15, 0.2) is 54.6 Å². The Morgan fingerprint density at radius 2 is 1.70 bits per heavy atom. The molecule has 4 rings (SSSR count). The molecule has 27 heavy (non-hydrogen) atoms. The first-order valence-electron chi connectivity index (χ1n) is 9.29. The summed E-state index contributed by atoms with van der Waals surface area (Å²) in [4.78, 5) is 27.2. The lowest BCUT2D eigenvalue weighted by Crippen LogP contribution is -2.43. The smallest absolute Gasteiger partial charge is 0.309 e. The van der Waals surface area contributed by atoms with E-state index in [4.69, 9.17) is 11.6 Å². The standard InChI is InChI=1S/C22H22ClNO3/c1-14-19(20(25)26)18(15-5-3-2-4-6-15)13-24(14)21(27)22(11-12-22)16-7-9-17(23)10-8-16/h2-10,14,18-19H,11-13H2,1H3,(H,25,26)/t14?,18-,19+/m0/s1. The summed E-state index contributed by atoms with van der Waals surface area (Å²) < 4.78 is 0. The Bertz CT molecular complexity index is 861. The summed E-state index contributed by atoms with van der Waals surface area (Å²) in [7, 11) is 0. The normalized spacial score (nSPS) is 26.0. The van der Waals surface area contributed by atoms with Crippen molar-refractivity contribution in [2.75, 3.05) is 6.54 Å². The third-order valence-electron chi connectivity index (χ3n) is 6.17. The third-order valence-corrected chi connectivity index (χ3v) is 6.42. The van der Waals surface area contributed by atoms with Crippen LogP contribution in [0.3, 0.4) is 0 Å². The monoisotopic (exact) mass is 383 g/mol. The second kappa shape index (κ2) is 6.68. The maximum Gasteiger partial charge on any atom is 0.309 e. The van der Waals surface area contributed by atoms with Crippen LogP contribution in [0.2, 0.25) is 5.02 Å². The van der Waals surface area contributed by atoms with Crippen molar-refractivity contribution < 1.29 is 14.7 Å². The quantitative estimate of drug-likeness (QED) is 0.865. The fourth-order valence-corrected chi connectivity index (χ4v) is 4.60. The third kappa shape index (κ3) is 3.02. The summed E-state index contributed by atoms with van der Waals surface area (Å²) in [6.45, 7) is 2.30. The highest BCUT2D eigenvalue weighted by molar-refractivity contribution is 6.30. The molecule has 2 aromatic rings. The van der Waals surface area contributed by atoms with E-state index in [1.165, 1.54) is 0 Å². The molecular weight excluding hydrogens is 362 g/mol. The molecule has 1 amide bonds. The van der Waals surface area contributed by atoms with Crippen molar-refractivity contribution >= 4 is 23.5 Å². The van der Waals surface area contributed by atoms with Crippen LogP contribution < -0.4 is 0 Å². The minimum Gasteiger partial charge on any atom is -0.481 e. The van der Waals surface area contributed by atoms with Crippen molar-refractivity contribution in [3.8, 4) is 0 Å². The van der Waals surface area contributed by atoms with E-state index in [2.05, 4.69) is 0 Å². The van der Waals surface area contributed by atoms with Gasteiger partial charge in [0.05, 0.1) is 11.3 Å². The molecular formula is C22H22ClNO3. The van der Waals surface area contributed by atoms with Crippen LogP contribution in [0, 0.1) is 5.92 Å². The molecule has 1 saturated heterocycles. The van der Waals surface area contributed by atoms with Crippen LogP contribution in [-0.4, -0.2) is 34.5 Å². The summed E-state index contributed by atoms with van der Waals surface area (Å²) in [6, 6.07) is 16.8. The van der Waals surface area contributed by atoms with Crippen LogP contribution in [0.4, 0.5) is 0 Å². The Morgan fingerprint density at radius 1 is 1.07 bits per heavy atom. The predicted molar refractivity (Wildman–Crippen MR) is 104 cm³/mol. The van der Waals surface area contributed by atoms with E-state index in [0.29, 0.717) is 11.6 Å². The number of aliphatic carboxylic acids is 1. The van der Waals surface area contributed by atoms with Crippen LogP contribution >= 0.6 is 11.6 Å². The number of amides is 1. The second-order valence-corrected chi connectivity index (χ2v) is 8.10. The lowest BCUT2D eigenvalue weighted by atomic mass is 9.86. The van der Waals surface area contributed by atoms with Gasteiger partial charge in [-0.05, 0) is 43.0 Å². The van der Waals surface area contributed by atoms with Crippen LogP contribution in [0.1, 0.15) is 36.8 Å². The van der Waals surface area contributed by atoms with Gasteiger partial charge in [-0.25, -0.2) is 0 Å². The van der Waals surface area contributed by atoms with Gasteiger partial charge in [-0.3, -0.25) is 9.59 Å². The fourth-order valence-electron chi connectivity index (χ4n) is 4.48. The Hall–Kier alpha value is -2.33. The summed E-state index contributed by atoms with van der Waals surface area (Å²) in [5, 5.41) is 10.5. The molecule has 4 nitrogen and oxygen atoms in total.